The Morgan fingerprint density at radius 2 is 1.86 bits per heavy atom. The number of fused-ring (bicyclic) bond motifs is 1. The van der Waals surface area contributed by atoms with Crippen molar-refractivity contribution >= 4 is 34.1 Å². The molecule has 0 unspecified atom stereocenters. The zero-order valence-corrected chi connectivity index (χ0v) is 19.4. The first kappa shape index (κ1) is 22.6. The molecule has 1 fully saturated rings. The summed E-state index contributed by atoms with van der Waals surface area (Å²) in [5.41, 5.74) is 3.80. The molecular weight excluding hydrogens is 438 g/mol. The molecular formula is C27H27N7O. The van der Waals surface area contributed by atoms with Crippen LogP contribution in [0.15, 0.2) is 79.4 Å². The van der Waals surface area contributed by atoms with Gasteiger partial charge in [0.1, 0.15) is 18.0 Å². The number of carbonyl (C=O) groups excluding carboxylic acids is 1. The molecule has 0 radical (unpaired) electrons. The van der Waals surface area contributed by atoms with Crippen LogP contribution in [0.1, 0.15) is 24.1 Å². The standard InChI is InChI=1S/C27H27N7O/c35-26(7-5-15-34-13-3-4-14-34)33-25-17-23-24(18-29-25)30-19-31-27(23)32-21-10-8-20(9-11-21)16-22-6-1-2-12-28-22/h1-2,5-12,17-19H,3-4,13-16H2,(H,29,33,35)(H,30,31,32). The number of pyridine rings is 2. The minimum atomic E-state index is -0.203. The summed E-state index contributed by atoms with van der Waals surface area (Å²) >= 11 is 0. The van der Waals surface area contributed by atoms with Crippen molar-refractivity contribution in [1.29, 1.82) is 0 Å². The largest absolute Gasteiger partial charge is 0.340 e. The van der Waals surface area contributed by atoms with E-state index in [1.165, 1.54) is 24.7 Å². The average molecular weight is 466 g/mol. The molecule has 1 aliphatic rings. The maximum atomic E-state index is 12.4. The highest BCUT2D eigenvalue weighted by molar-refractivity contribution is 6.00. The molecule has 2 N–H and O–H groups in total. The zero-order valence-electron chi connectivity index (χ0n) is 19.4. The van der Waals surface area contributed by atoms with Crippen LogP contribution >= 0.6 is 0 Å². The van der Waals surface area contributed by atoms with Crippen molar-refractivity contribution in [2.75, 3.05) is 30.3 Å². The van der Waals surface area contributed by atoms with Crippen LogP contribution in [0.4, 0.5) is 17.3 Å². The molecule has 4 heterocycles. The summed E-state index contributed by atoms with van der Waals surface area (Å²) in [6, 6.07) is 15.9. The van der Waals surface area contributed by atoms with Gasteiger partial charge in [-0.2, -0.15) is 0 Å². The van der Waals surface area contributed by atoms with E-state index < -0.39 is 0 Å². The maximum Gasteiger partial charge on any atom is 0.249 e. The van der Waals surface area contributed by atoms with Gasteiger partial charge >= 0.3 is 0 Å². The number of nitrogens with zero attached hydrogens (tertiary/aromatic N) is 5. The topological polar surface area (TPSA) is 95.9 Å². The van der Waals surface area contributed by atoms with E-state index in [0.717, 1.165) is 42.8 Å². The Morgan fingerprint density at radius 1 is 1.00 bits per heavy atom. The third-order valence-electron chi connectivity index (χ3n) is 5.93. The van der Waals surface area contributed by atoms with Gasteiger partial charge in [-0.05, 0) is 61.8 Å². The minimum absolute atomic E-state index is 0.203. The number of benzene rings is 1. The van der Waals surface area contributed by atoms with E-state index in [1.54, 1.807) is 18.3 Å². The van der Waals surface area contributed by atoms with Crippen molar-refractivity contribution < 1.29 is 4.79 Å². The fourth-order valence-electron chi connectivity index (χ4n) is 4.12. The van der Waals surface area contributed by atoms with Crippen LogP contribution in [0.3, 0.4) is 0 Å². The number of likely N-dealkylation sites (tertiary alicyclic amines) is 1. The molecule has 1 amide bonds. The normalized spacial score (nSPS) is 13.9. The van der Waals surface area contributed by atoms with E-state index >= 15 is 0 Å². The van der Waals surface area contributed by atoms with Crippen molar-refractivity contribution in [3.05, 3.63) is 90.7 Å². The molecule has 4 aromatic rings. The number of rotatable bonds is 8. The Morgan fingerprint density at radius 3 is 2.66 bits per heavy atom. The second-order valence-electron chi connectivity index (χ2n) is 8.53. The first-order chi connectivity index (χ1) is 17.2. The van der Waals surface area contributed by atoms with Crippen molar-refractivity contribution in [2.45, 2.75) is 19.3 Å². The molecule has 5 rings (SSSR count). The number of amides is 1. The molecule has 0 bridgehead atoms. The fraction of sp³-hybridized carbons (Fsp3) is 0.222. The summed E-state index contributed by atoms with van der Waals surface area (Å²) in [6.07, 6.45) is 11.7. The molecule has 176 valence electrons. The summed E-state index contributed by atoms with van der Waals surface area (Å²) in [6.45, 7) is 2.99. The summed E-state index contributed by atoms with van der Waals surface area (Å²) in [5, 5.41) is 6.97. The van der Waals surface area contributed by atoms with E-state index in [2.05, 4.69) is 47.6 Å². The molecule has 1 aromatic carbocycles. The molecule has 0 spiro atoms. The first-order valence-electron chi connectivity index (χ1n) is 11.8. The zero-order chi connectivity index (χ0) is 23.9. The smallest absolute Gasteiger partial charge is 0.249 e. The number of aromatic nitrogens is 4. The predicted molar refractivity (Wildman–Crippen MR) is 138 cm³/mol. The van der Waals surface area contributed by atoms with E-state index in [4.69, 9.17) is 0 Å². The van der Waals surface area contributed by atoms with Crippen molar-refractivity contribution in [1.82, 2.24) is 24.8 Å². The monoisotopic (exact) mass is 465 g/mol. The Hall–Kier alpha value is -4.17. The highest BCUT2D eigenvalue weighted by atomic mass is 16.1. The lowest BCUT2D eigenvalue weighted by Gasteiger charge is -2.11. The predicted octanol–water partition coefficient (Wildman–Crippen LogP) is 4.34. The van der Waals surface area contributed by atoms with Crippen LogP contribution in [0.25, 0.3) is 10.9 Å². The molecule has 0 atom stereocenters. The Balaban J connectivity index is 1.26. The number of nitrogens with one attached hydrogen (secondary N) is 2. The lowest BCUT2D eigenvalue weighted by Crippen LogP contribution is -2.19. The van der Waals surface area contributed by atoms with Crippen LogP contribution in [0.2, 0.25) is 0 Å². The van der Waals surface area contributed by atoms with Gasteiger partial charge in [0.2, 0.25) is 5.91 Å². The second kappa shape index (κ2) is 10.8. The van der Waals surface area contributed by atoms with E-state index in [9.17, 15) is 4.79 Å². The number of hydrogen-bond donors (Lipinski definition) is 2. The van der Waals surface area contributed by atoms with Crippen LogP contribution < -0.4 is 10.6 Å². The highest BCUT2D eigenvalue weighted by Crippen LogP contribution is 2.25. The molecule has 8 heteroatoms. The van der Waals surface area contributed by atoms with Crippen molar-refractivity contribution in [2.24, 2.45) is 0 Å². The van der Waals surface area contributed by atoms with Crippen LogP contribution in [-0.2, 0) is 11.2 Å². The van der Waals surface area contributed by atoms with Crippen LogP contribution in [-0.4, -0.2) is 50.4 Å². The lowest BCUT2D eigenvalue weighted by molar-refractivity contribution is -0.111. The highest BCUT2D eigenvalue weighted by Gasteiger charge is 2.10. The van der Waals surface area contributed by atoms with E-state index in [0.29, 0.717) is 17.2 Å². The second-order valence-corrected chi connectivity index (χ2v) is 8.53. The van der Waals surface area contributed by atoms with Gasteiger partial charge in [0.05, 0.1) is 11.7 Å². The van der Waals surface area contributed by atoms with Crippen molar-refractivity contribution in [3.63, 3.8) is 0 Å². The summed E-state index contributed by atoms with van der Waals surface area (Å²) in [5.74, 6) is 0.901. The minimum Gasteiger partial charge on any atom is -0.340 e. The third kappa shape index (κ3) is 6.04. The maximum absolute atomic E-state index is 12.4. The molecule has 8 nitrogen and oxygen atoms in total. The molecule has 1 saturated heterocycles. The van der Waals surface area contributed by atoms with Gasteiger partial charge < -0.3 is 10.6 Å². The first-order valence-corrected chi connectivity index (χ1v) is 11.8. The summed E-state index contributed by atoms with van der Waals surface area (Å²) in [4.78, 5) is 32.1. The van der Waals surface area contributed by atoms with Gasteiger partial charge in [0.25, 0.3) is 0 Å². The Kier molecular flexibility index (Phi) is 7.00. The third-order valence-corrected chi connectivity index (χ3v) is 5.93. The molecule has 35 heavy (non-hydrogen) atoms. The number of hydrogen-bond acceptors (Lipinski definition) is 7. The fourth-order valence-corrected chi connectivity index (χ4v) is 4.12. The van der Waals surface area contributed by atoms with Crippen LogP contribution in [0, 0.1) is 0 Å². The van der Waals surface area contributed by atoms with E-state index in [-0.39, 0.29) is 5.91 Å². The summed E-state index contributed by atoms with van der Waals surface area (Å²) in [7, 11) is 0. The molecule has 1 aliphatic heterocycles. The number of carbonyl (C=O) groups is 1. The van der Waals surface area contributed by atoms with Crippen LogP contribution in [0.5, 0.6) is 0 Å². The number of anilines is 3. The lowest BCUT2D eigenvalue weighted by atomic mass is 10.1. The Bertz CT molecular complexity index is 1320. The summed E-state index contributed by atoms with van der Waals surface area (Å²) < 4.78 is 0. The van der Waals surface area contributed by atoms with Gasteiger partial charge in [0.15, 0.2) is 0 Å². The molecule has 0 saturated carbocycles. The molecule has 0 aliphatic carbocycles. The van der Waals surface area contributed by atoms with Gasteiger partial charge in [-0.25, -0.2) is 15.0 Å². The SMILES string of the molecule is O=C(C=CCN1CCCC1)Nc1cc2c(Nc3ccc(Cc4ccccn4)cc3)ncnc2cn1. The average Bonchev–Trinajstić information content (AvgIpc) is 3.40. The van der Waals surface area contributed by atoms with E-state index in [1.807, 2.05) is 42.6 Å². The van der Waals surface area contributed by atoms with Gasteiger partial charge in [-0.3, -0.25) is 14.7 Å². The molecule has 3 aromatic heterocycles. The quantitative estimate of drug-likeness (QED) is 0.374. The van der Waals surface area contributed by atoms with Gasteiger partial charge in [0, 0.05) is 42.0 Å². The van der Waals surface area contributed by atoms with Crippen molar-refractivity contribution in [3.8, 4) is 0 Å². The Labute approximate surface area is 204 Å². The van der Waals surface area contributed by atoms with Gasteiger partial charge in [-0.15, -0.1) is 0 Å². The van der Waals surface area contributed by atoms with Gasteiger partial charge in [-0.1, -0.05) is 24.3 Å².